The van der Waals surface area contributed by atoms with Crippen LogP contribution in [0.5, 0.6) is 11.5 Å². The van der Waals surface area contributed by atoms with Crippen molar-refractivity contribution in [1.29, 1.82) is 0 Å². The van der Waals surface area contributed by atoms with Gasteiger partial charge in [-0.05, 0) is 59.6 Å². The van der Waals surface area contributed by atoms with Crippen LogP contribution in [-0.4, -0.2) is 14.2 Å². The first-order valence-electron chi connectivity index (χ1n) is 7.13. The van der Waals surface area contributed by atoms with Crippen LogP contribution in [0.3, 0.4) is 0 Å². The van der Waals surface area contributed by atoms with E-state index in [0.29, 0.717) is 0 Å². The molecule has 0 spiro atoms. The largest absolute Gasteiger partial charge is 1.00 e. The van der Waals surface area contributed by atoms with Crippen molar-refractivity contribution >= 4 is 22.9 Å². The van der Waals surface area contributed by atoms with Gasteiger partial charge in [0.15, 0.2) is 0 Å². The molecule has 0 aliphatic rings. The van der Waals surface area contributed by atoms with Crippen molar-refractivity contribution in [1.82, 2.24) is 0 Å². The Balaban J connectivity index is 0.00000208. The van der Waals surface area contributed by atoms with Crippen LogP contribution in [0.25, 0.3) is 21.6 Å². The van der Waals surface area contributed by atoms with E-state index in [1.54, 1.807) is 25.6 Å². The average Bonchev–Trinajstić information content (AvgIpc) is 2.62. The molecule has 24 heavy (non-hydrogen) atoms. The molecular formula is C19H16Cl2O2S. The van der Waals surface area contributed by atoms with Crippen molar-refractivity contribution in [2.24, 2.45) is 0 Å². The highest BCUT2D eigenvalue weighted by molar-refractivity contribution is 7.19. The lowest BCUT2D eigenvalue weighted by atomic mass is 10.1. The molecule has 3 aromatic rings. The first kappa shape index (κ1) is 18.5. The lowest BCUT2D eigenvalue weighted by Gasteiger charge is -2.03. The summed E-state index contributed by atoms with van der Waals surface area (Å²) in [6.07, 6.45) is 0. The van der Waals surface area contributed by atoms with Crippen LogP contribution < -0.4 is 21.9 Å². The van der Waals surface area contributed by atoms with Crippen molar-refractivity contribution in [2.45, 2.75) is 0 Å². The van der Waals surface area contributed by atoms with E-state index in [-0.39, 0.29) is 12.4 Å². The van der Waals surface area contributed by atoms with Gasteiger partial charge in [-0.2, -0.15) is 0 Å². The van der Waals surface area contributed by atoms with Gasteiger partial charge in [0.2, 0.25) is 16.2 Å². The second-order valence-electron chi connectivity index (χ2n) is 4.94. The Bertz CT molecular complexity index is 803. The van der Waals surface area contributed by atoms with E-state index >= 15 is 0 Å². The molecule has 0 fully saturated rings. The number of halogens is 2. The maximum Gasteiger partial charge on any atom is 0.306 e. The fourth-order valence-corrected chi connectivity index (χ4v) is 3.60. The number of hydrogen-bond donors (Lipinski definition) is 0. The summed E-state index contributed by atoms with van der Waals surface area (Å²) in [7, 11) is 3.33. The fourth-order valence-electron chi connectivity index (χ4n) is 2.30. The smallest absolute Gasteiger partial charge is 0.306 e. The van der Waals surface area contributed by atoms with Gasteiger partial charge in [0.1, 0.15) is 11.5 Å². The lowest BCUT2D eigenvalue weighted by Crippen LogP contribution is -3.00. The molecule has 3 rings (SSSR count). The van der Waals surface area contributed by atoms with Crippen molar-refractivity contribution < 1.29 is 21.9 Å². The Morgan fingerprint density at radius 2 is 1.21 bits per heavy atom. The maximum atomic E-state index is 6.51. The number of benzene rings is 2. The van der Waals surface area contributed by atoms with Crippen LogP contribution in [0.15, 0.2) is 60.7 Å². The van der Waals surface area contributed by atoms with Gasteiger partial charge in [-0.25, -0.2) is 0 Å². The van der Waals surface area contributed by atoms with Crippen molar-refractivity contribution in [3.8, 4) is 33.1 Å². The number of methoxy groups -OCH3 is 2. The molecule has 0 aliphatic heterocycles. The van der Waals surface area contributed by atoms with Crippen LogP contribution in [0.1, 0.15) is 0 Å². The molecule has 0 unspecified atom stereocenters. The van der Waals surface area contributed by atoms with E-state index in [0.717, 1.165) is 37.4 Å². The molecule has 5 heteroatoms. The molecule has 0 saturated heterocycles. The number of hydrogen-bond acceptors (Lipinski definition) is 2. The van der Waals surface area contributed by atoms with Gasteiger partial charge in [0, 0.05) is 11.6 Å². The summed E-state index contributed by atoms with van der Waals surface area (Å²) in [5.41, 5.74) is 3.23. The third-order valence-corrected chi connectivity index (χ3v) is 5.01. The minimum atomic E-state index is 0. The highest BCUT2D eigenvalue weighted by Gasteiger charge is 2.18. The monoisotopic (exact) mass is 378 g/mol. The molecule has 1 heterocycles. The standard InChI is InChI=1S/C19H16ClO2S.ClH/c1-21-15-7-3-13(4-8-15)17-11-12-18(23-19(17)20)14-5-9-16(22-2)10-6-14;/h3-12H,1-2H3;1H/q+1;/p-1. The Hall–Kier alpha value is -1.81. The number of ether oxygens (including phenoxy) is 2. The Morgan fingerprint density at radius 1 is 0.708 bits per heavy atom. The SMILES string of the molecule is COc1ccc(-c2ccc(-c3ccc(OC)cc3)c(Cl)[s+]2)cc1.[Cl-]. The second kappa shape index (κ2) is 8.34. The van der Waals surface area contributed by atoms with E-state index in [1.165, 1.54) is 0 Å². The predicted molar refractivity (Wildman–Crippen MR) is 97.7 cm³/mol. The summed E-state index contributed by atoms with van der Waals surface area (Å²) in [6, 6.07) is 20.0. The van der Waals surface area contributed by atoms with E-state index < -0.39 is 0 Å². The van der Waals surface area contributed by atoms with Crippen molar-refractivity contribution in [3.63, 3.8) is 0 Å². The Kier molecular flexibility index (Phi) is 6.44. The molecule has 2 aromatic carbocycles. The zero-order valence-electron chi connectivity index (χ0n) is 13.3. The molecule has 1 aromatic heterocycles. The maximum absolute atomic E-state index is 6.51. The normalized spacial score (nSPS) is 9.96. The molecule has 0 aliphatic carbocycles. The van der Waals surface area contributed by atoms with Crippen LogP contribution in [0.2, 0.25) is 4.34 Å². The molecule has 0 N–H and O–H groups in total. The topological polar surface area (TPSA) is 18.5 Å². The van der Waals surface area contributed by atoms with Crippen molar-refractivity contribution in [3.05, 3.63) is 65.0 Å². The molecule has 0 amide bonds. The Labute approximate surface area is 157 Å². The first-order valence-corrected chi connectivity index (χ1v) is 8.32. The van der Waals surface area contributed by atoms with Crippen LogP contribution in [0, 0.1) is 0 Å². The molecule has 0 radical (unpaired) electrons. The highest BCUT2D eigenvalue weighted by Crippen LogP contribution is 2.37. The van der Waals surface area contributed by atoms with Gasteiger partial charge >= 0.3 is 4.34 Å². The van der Waals surface area contributed by atoms with Crippen LogP contribution in [0.4, 0.5) is 0 Å². The zero-order chi connectivity index (χ0) is 16.2. The van der Waals surface area contributed by atoms with E-state index in [2.05, 4.69) is 12.1 Å². The second-order valence-corrected chi connectivity index (χ2v) is 6.60. The van der Waals surface area contributed by atoms with E-state index in [4.69, 9.17) is 21.1 Å². The van der Waals surface area contributed by atoms with Crippen molar-refractivity contribution in [2.75, 3.05) is 14.2 Å². The fraction of sp³-hybridized carbons (Fsp3) is 0.105. The Morgan fingerprint density at radius 3 is 1.67 bits per heavy atom. The third-order valence-electron chi connectivity index (χ3n) is 3.59. The molecule has 0 saturated carbocycles. The average molecular weight is 379 g/mol. The highest BCUT2D eigenvalue weighted by atomic mass is 35.5. The van der Waals surface area contributed by atoms with Gasteiger partial charge < -0.3 is 21.9 Å². The quantitative estimate of drug-likeness (QED) is 0.649. The van der Waals surface area contributed by atoms with Gasteiger partial charge in [-0.3, -0.25) is 0 Å². The molecule has 0 atom stereocenters. The van der Waals surface area contributed by atoms with E-state index in [9.17, 15) is 0 Å². The van der Waals surface area contributed by atoms with Crippen LogP contribution >= 0.6 is 22.9 Å². The van der Waals surface area contributed by atoms with Gasteiger partial charge in [-0.15, -0.1) is 0 Å². The summed E-state index contributed by atoms with van der Waals surface area (Å²) in [5.74, 6) is 1.68. The minimum Gasteiger partial charge on any atom is -1.00 e. The molecule has 2 nitrogen and oxygen atoms in total. The van der Waals surface area contributed by atoms with Gasteiger partial charge in [-0.1, -0.05) is 12.1 Å². The summed E-state index contributed by atoms with van der Waals surface area (Å²) < 4.78 is 11.1. The molecule has 124 valence electrons. The third kappa shape index (κ3) is 3.99. The van der Waals surface area contributed by atoms with Gasteiger partial charge in [0.05, 0.1) is 19.8 Å². The van der Waals surface area contributed by atoms with Gasteiger partial charge in [0.25, 0.3) is 0 Å². The predicted octanol–water partition coefficient (Wildman–Crippen LogP) is 3.04. The summed E-state index contributed by atoms with van der Waals surface area (Å²) in [4.78, 5) is 1.12. The zero-order valence-corrected chi connectivity index (χ0v) is 15.6. The number of rotatable bonds is 4. The summed E-state index contributed by atoms with van der Waals surface area (Å²) in [6.45, 7) is 0. The van der Waals surface area contributed by atoms with E-state index in [1.807, 2.05) is 48.5 Å². The van der Waals surface area contributed by atoms with Crippen LogP contribution in [-0.2, 0) is 0 Å². The minimum absolute atomic E-state index is 0. The summed E-state index contributed by atoms with van der Waals surface area (Å²) in [5, 5.41) is 0. The molecule has 0 bridgehead atoms. The first-order chi connectivity index (χ1) is 11.2. The lowest BCUT2D eigenvalue weighted by molar-refractivity contribution is -0.00000496. The molecular weight excluding hydrogens is 363 g/mol. The summed E-state index contributed by atoms with van der Waals surface area (Å²) >= 11 is 8.08.